The third kappa shape index (κ3) is 3.97. The van der Waals surface area contributed by atoms with Crippen LogP contribution in [0.4, 0.5) is 0 Å². The van der Waals surface area contributed by atoms with Gasteiger partial charge in [0.2, 0.25) is 17.7 Å². The van der Waals surface area contributed by atoms with E-state index in [9.17, 15) is 14.4 Å². The topological polar surface area (TPSA) is 57.7 Å². The van der Waals surface area contributed by atoms with E-state index in [-0.39, 0.29) is 54.6 Å². The largest absolute Gasteiger partial charge is 0.329 e. The van der Waals surface area contributed by atoms with Gasteiger partial charge in [0.25, 0.3) is 0 Å². The van der Waals surface area contributed by atoms with Gasteiger partial charge >= 0.3 is 0 Å². The molecule has 2 aliphatic heterocycles. The Morgan fingerprint density at radius 3 is 2.26 bits per heavy atom. The molecule has 3 unspecified atom stereocenters. The Hall–Kier alpha value is -2.43. The van der Waals surface area contributed by atoms with Gasteiger partial charge in [-0.2, -0.15) is 0 Å². The lowest BCUT2D eigenvalue weighted by Gasteiger charge is -2.53. The van der Waals surface area contributed by atoms with Crippen LogP contribution in [-0.4, -0.2) is 45.6 Å². The van der Waals surface area contributed by atoms with Gasteiger partial charge in [-0.05, 0) is 26.2 Å². The van der Waals surface area contributed by atoms with Gasteiger partial charge in [-0.1, -0.05) is 55.5 Å². The van der Waals surface area contributed by atoms with E-state index in [0.29, 0.717) is 5.92 Å². The molecular weight excluding hydrogens is 340 g/mol. The van der Waals surface area contributed by atoms with Crippen LogP contribution in [0.25, 0.3) is 0 Å². The van der Waals surface area contributed by atoms with Crippen LogP contribution in [0.3, 0.4) is 0 Å². The summed E-state index contributed by atoms with van der Waals surface area (Å²) in [5.74, 6) is -0.103. The minimum absolute atomic E-state index is 0.0382. The second-order valence-electron chi connectivity index (χ2n) is 8.23. The zero-order valence-electron chi connectivity index (χ0n) is 16.3. The standard InChI is InChI=1S/C22H28N2O3/c1-16-14-22(2,3)24(18-11-9-8-10-17(16)18)21(27)15-23-19(25)12-6-4-5-7-13-20(23)26/h4-11,16-18H,12-15H2,1-3H3/b6-4-,7-5-. The Balaban J connectivity index is 1.84. The number of hydrogen-bond donors (Lipinski definition) is 0. The Morgan fingerprint density at radius 1 is 1.04 bits per heavy atom. The lowest BCUT2D eigenvalue weighted by atomic mass is 9.71. The Labute approximate surface area is 161 Å². The first kappa shape index (κ1) is 19.3. The van der Waals surface area contributed by atoms with Gasteiger partial charge in [-0.25, -0.2) is 0 Å². The molecule has 144 valence electrons. The smallest absolute Gasteiger partial charge is 0.243 e. The Kier molecular flexibility index (Phi) is 5.49. The third-order valence-corrected chi connectivity index (χ3v) is 5.71. The van der Waals surface area contributed by atoms with Gasteiger partial charge in [0.1, 0.15) is 6.54 Å². The highest BCUT2D eigenvalue weighted by Gasteiger charge is 2.46. The van der Waals surface area contributed by atoms with Crippen LogP contribution < -0.4 is 0 Å². The Morgan fingerprint density at radius 2 is 1.63 bits per heavy atom. The minimum atomic E-state index is -0.335. The van der Waals surface area contributed by atoms with Crippen molar-refractivity contribution in [1.82, 2.24) is 9.80 Å². The maximum atomic E-state index is 13.3. The normalized spacial score (nSPS) is 32.3. The summed E-state index contributed by atoms with van der Waals surface area (Å²) >= 11 is 0. The summed E-state index contributed by atoms with van der Waals surface area (Å²) in [4.78, 5) is 41.3. The maximum Gasteiger partial charge on any atom is 0.243 e. The van der Waals surface area contributed by atoms with Crippen LogP contribution in [0.15, 0.2) is 48.6 Å². The molecule has 0 spiro atoms. The summed E-state index contributed by atoms with van der Waals surface area (Å²) in [6, 6.07) is -0.0382. The molecular formula is C22H28N2O3. The van der Waals surface area contributed by atoms with Crippen molar-refractivity contribution in [3.05, 3.63) is 48.6 Å². The number of rotatable bonds is 2. The van der Waals surface area contributed by atoms with Crippen LogP contribution in [0.1, 0.15) is 40.0 Å². The van der Waals surface area contributed by atoms with Gasteiger partial charge in [0.05, 0.1) is 6.04 Å². The molecule has 0 N–H and O–H groups in total. The molecule has 0 aromatic carbocycles. The summed E-state index contributed by atoms with van der Waals surface area (Å²) in [6.07, 6.45) is 16.3. The zero-order chi connectivity index (χ0) is 19.6. The number of hydrogen-bond acceptors (Lipinski definition) is 3. The molecule has 0 saturated carbocycles. The second kappa shape index (κ2) is 7.67. The fourth-order valence-corrected chi connectivity index (χ4v) is 4.57. The van der Waals surface area contributed by atoms with E-state index in [1.165, 1.54) is 0 Å². The van der Waals surface area contributed by atoms with E-state index >= 15 is 0 Å². The molecule has 3 atom stereocenters. The first-order chi connectivity index (χ1) is 12.8. The molecule has 3 rings (SSSR count). The van der Waals surface area contributed by atoms with Crippen molar-refractivity contribution in [2.45, 2.75) is 51.6 Å². The van der Waals surface area contributed by atoms with Crippen molar-refractivity contribution < 1.29 is 14.4 Å². The zero-order valence-corrected chi connectivity index (χ0v) is 16.3. The summed E-state index contributed by atoms with van der Waals surface area (Å²) in [7, 11) is 0. The van der Waals surface area contributed by atoms with E-state index in [0.717, 1.165) is 11.3 Å². The second-order valence-corrected chi connectivity index (χ2v) is 8.23. The molecule has 1 fully saturated rings. The number of carbonyl (C=O) groups excluding carboxylic acids is 3. The van der Waals surface area contributed by atoms with Crippen molar-refractivity contribution in [2.24, 2.45) is 11.8 Å². The molecule has 0 aromatic heterocycles. The van der Waals surface area contributed by atoms with Gasteiger partial charge in [0, 0.05) is 24.3 Å². The van der Waals surface area contributed by atoms with Crippen molar-refractivity contribution in [3.63, 3.8) is 0 Å². The Bertz CT molecular complexity index is 719. The molecule has 2 heterocycles. The number of likely N-dealkylation sites (tertiary alicyclic amines) is 1. The number of allylic oxidation sites excluding steroid dienone is 4. The number of carbonyl (C=O) groups is 3. The van der Waals surface area contributed by atoms with Crippen LogP contribution in [0.5, 0.6) is 0 Å². The number of piperidine rings is 1. The fraction of sp³-hybridized carbons (Fsp3) is 0.500. The first-order valence-corrected chi connectivity index (χ1v) is 9.63. The molecule has 3 aliphatic rings. The van der Waals surface area contributed by atoms with Crippen LogP contribution in [0, 0.1) is 11.8 Å². The average molecular weight is 368 g/mol. The molecule has 3 amide bonds. The number of fused-ring (bicyclic) bond motifs is 1. The monoisotopic (exact) mass is 368 g/mol. The fourth-order valence-electron chi connectivity index (χ4n) is 4.57. The molecule has 0 aromatic rings. The third-order valence-electron chi connectivity index (χ3n) is 5.71. The SMILES string of the molecule is CC1CC(C)(C)N(C(=O)CN2C(=O)C/C=C\C=C/CC2=O)C2C=CC=CC12. The number of imide groups is 1. The molecule has 5 nitrogen and oxygen atoms in total. The quantitative estimate of drug-likeness (QED) is 0.704. The lowest BCUT2D eigenvalue weighted by molar-refractivity contribution is -0.155. The van der Waals surface area contributed by atoms with E-state index in [1.807, 2.05) is 17.1 Å². The van der Waals surface area contributed by atoms with Crippen LogP contribution >= 0.6 is 0 Å². The van der Waals surface area contributed by atoms with Gasteiger partial charge in [0.15, 0.2) is 0 Å². The number of amides is 3. The highest BCUT2D eigenvalue weighted by molar-refractivity contribution is 6.00. The first-order valence-electron chi connectivity index (χ1n) is 9.63. The number of nitrogens with zero attached hydrogens (tertiary/aromatic N) is 2. The highest BCUT2D eigenvalue weighted by Crippen LogP contribution is 2.41. The van der Waals surface area contributed by atoms with Gasteiger partial charge < -0.3 is 4.90 Å². The highest BCUT2D eigenvalue weighted by atomic mass is 16.2. The lowest BCUT2D eigenvalue weighted by Crippen LogP contribution is -2.62. The van der Waals surface area contributed by atoms with Crippen molar-refractivity contribution in [2.75, 3.05) is 6.54 Å². The van der Waals surface area contributed by atoms with Crippen molar-refractivity contribution >= 4 is 17.7 Å². The molecule has 0 bridgehead atoms. The summed E-state index contributed by atoms with van der Waals surface area (Å²) in [5.41, 5.74) is -0.335. The predicted molar refractivity (Wildman–Crippen MR) is 104 cm³/mol. The maximum absolute atomic E-state index is 13.3. The molecule has 1 aliphatic carbocycles. The molecule has 27 heavy (non-hydrogen) atoms. The van der Waals surface area contributed by atoms with Crippen LogP contribution in [-0.2, 0) is 14.4 Å². The molecule has 1 saturated heterocycles. The minimum Gasteiger partial charge on any atom is -0.329 e. The van der Waals surface area contributed by atoms with Crippen LogP contribution in [0.2, 0.25) is 0 Å². The van der Waals surface area contributed by atoms with E-state index < -0.39 is 0 Å². The molecule has 0 radical (unpaired) electrons. The van der Waals surface area contributed by atoms with Crippen molar-refractivity contribution in [1.29, 1.82) is 0 Å². The summed E-state index contributed by atoms with van der Waals surface area (Å²) in [6.45, 7) is 6.16. The van der Waals surface area contributed by atoms with Gasteiger partial charge in [-0.15, -0.1) is 0 Å². The van der Waals surface area contributed by atoms with E-state index in [2.05, 4.69) is 32.9 Å². The summed E-state index contributed by atoms with van der Waals surface area (Å²) < 4.78 is 0. The van der Waals surface area contributed by atoms with E-state index in [1.54, 1.807) is 24.3 Å². The average Bonchev–Trinajstić information content (AvgIpc) is 2.67. The van der Waals surface area contributed by atoms with Gasteiger partial charge in [-0.3, -0.25) is 19.3 Å². The van der Waals surface area contributed by atoms with Crippen molar-refractivity contribution in [3.8, 4) is 0 Å². The predicted octanol–water partition coefficient (Wildman–Crippen LogP) is 3.01. The molecule has 5 heteroatoms. The van der Waals surface area contributed by atoms with E-state index in [4.69, 9.17) is 0 Å². The summed E-state index contributed by atoms with van der Waals surface area (Å²) in [5, 5.41) is 0.